The smallest absolute Gasteiger partial charge is 0.143 e. The molecule has 5 heteroatoms. The second-order valence-electron chi connectivity index (χ2n) is 6.09. The van der Waals surface area contributed by atoms with E-state index in [0.29, 0.717) is 10.0 Å². The highest BCUT2D eigenvalue weighted by Crippen LogP contribution is 2.51. The Morgan fingerprint density at radius 3 is 2.50 bits per heavy atom. The number of rotatable bonds is 1. The van der Waals surface area contributed by atoms with Gasteiger partial charge in [-0.15, -0.1) is 0 Å². The van der Waals surface area contributed by atoms with E-state index in [4.69, 9.17) is 28.2 Å². The van der Waals surface area contributed by atoms with E-state index < -0.39 is 0 Å². The first-order valence-electron chi connectivity index (χ1n) is 6.98. The van der Waals surface area contributed by atoms with Crippen LogP contribution in [0.5, 0.6) is 0 Å². The molecule has 1 aromatic rings. The Bertz CT molecular complexity index is 788. The third-order valence-electron chi connectivity index (χ3n) is 4.43. The minimum absolute atomic E-state index is 0.321. The van der Waals surface area contributed by atoms with E-state index in [9.17, 15) is 4.79 Å². The summed E-state index contributed by atoms with van der Waals surface area (Å²) in [6, 6.07) is 3.61. The maximum absolute atomic E-state index is 11.0. The van der Waals surface area contributed by atoms with Gasteiger partial charge in [0.2, 0.25) is 0 Å². The SMILES string of the molecule is CC1=C2C(=Nc3cc(Cl)c(Cl)cc3N2C)C(C)(C)/C1=C/C=O. The van der Waals surface area contributed by atoms with Crippen LogP contribution < -0.4 is 4.90 Å². The molecule has 1 aliphatic heterocycles. The van der Waals surface area contributed by atoms with E-state index in [2.05, 4.69) is 18.7 Å². The third kappa shape index (κ3) is 1.96. The lowest BCUT2D eigenvalue weighted by molar-refractivity contribution is -0.104. The van der Waals surface area contributed by atoms with Gasteiger partial charge in [0, 0.05) is 12.5 Å². The van der Waals surface area contributed by atoms with Crippen molar-refractivity contribution in [3.8, 4) is 0 Å². The van der Waals surface area contributed by atoms with E-state index in [1.807, 2.05) is 20.0 Å². The highest BCUT2D eigenvalue weighted by atomic mass is 35.5. The maximum Gasteiger partial charge on any atom is 0.143 e. The summed E-state index contributed by atoms with van der Waals surface area (Å²) in [6.45, 7) is 6.18. The monoisotopic (exact) mass is 334 g/mol. The number of aldehydes is 1. The molecule has 0 aromatic heterocycles. The molecule has 0 N–H and O–H groups in total. The van der Waals surface area contributed by atoms with Gasteiger partial charge in [0.1, 0.15) is 6.29 Å². The van der Waals surface area contributed by atoms with Crippen LogP contribution >= 0.6 is 23.2 Å². The van der Waals surface area contributed by atoms with Crippen LogP contribution in [0.15, 0.2) is 40.0 Å². The number of anilines is 1. The average molecular weight is 335 g/mol. The molecule has 3 rings (SSSR count). The van der Waals surface area contributed by atoms with Crippen LogP contribution in [0.3, 0.4) is 0 Å². The maximum atomic E-state index is 11.0. The molecule has 1 heterocycles. The fourth-order valence-corrected chi connectivity index (χ4v) is 3.64. The molecule has 3 nitrogen and oxygen atoms in total. The van der Waals surface area contributed by atoms with Crippen LogP contribution in [0.4, 0.5) is 11.4 Å². The van der Waals surface area contributed by atoms with Gasteiger partial charge in [-0.1, -0.05) is 37.0 Å². The zero-order valence-electron chi connectivity index (χ0n) is 12.9. The van der Waals surface area contributed by atoms with Gasteiger partial charge < -0.3 is 4.90 Å². The molecule has 0 unspecified atom stereocenters. The largest absolute Gasteiger partial charge is 0.341 e. The van der Waals surface area contributed by atoms with Crippen molar-refractivity contribution in [1.29, 1.82) is 0 Å². The molecule has 0 fully saturated rings. The Labute approximate surface area is 139 Å². The number of fused-ring (bicyclic) bond motifs is 2. The first-order valence-corrected chi connectivity index (χ1v) is 7.74. The molecule has 0 amide bonds. The van der Waals surface area contributed by atoms with Crippen LogP contribution in [0.1, 0.15) is 20.8 Å². The van der Waals surface area contributed by atoms with Crippen molar-refractivity contribution in [2.45, 2.75) is 20.8 Å². The van der Waals surface area contributed by atoms with Crippen molar-refractivity contribution in [2.24, 2.45) is 10.4 Å². The van der Waals surface area contributed by atoms with Gasteiger partial charge in [-0.3, -0.25) is 4.79 Å². The highest BCUT2D eigenvalue weighted by Gasteiger charge is 2.44. The second kappa shape index (κ2) is 4.97. The molecular formula is C17H16Cl2N2O. The minimum Gasteiger partial charge on any atom is -0.341 e. The summed E-state index contributed by atoms with van der Waals surface area (Å²) in [5.74, 6) is 0. The van der Waals surface area contributed by atoms with Crippen molar-refractivity contribution in [2.75, 3.05) is 11.9 Å². The van der Waals surface area contributed by atoms with E-state index in [-0.39, 0.29) is 5.41 Å². The molecule has 1 aliphatic carbocycles. The number of benzene rings is 1. The summed E-state index contributed by atoms with van der Waals surface area (Å²) in [7, 11) is 1.98. The number of allylic oxidation sites excluding steroid dienone is 4. The fourth-order valence-electron chi connectivity index (χ4n) is 3.33. The zero-order chi connectivity index (χ0) is 16.2. The summed E-state index contributed by atoms with van der Waals surface area (Å²) in [5.41, 5.74) is 5.43. The van der Waals surface area contributed by atoms with E-state index in [0.717, 1.165) is 40.2 Å². The van der Waals surface area contributed by atoms with Gasteiger partial charge in [-0.05, 0) is 36.3 Å². The molecule has 0 spiro atoms. The highest BCUT2D eigenvalue weighted by molar-refractivity contribution is 6.42. The van der Waals surface area contributed by atoms with Crippen molar-refractivity contribution < 1.29 is 4.79 Å². The molecular weight excluding hydrogens is 319 g/mol. The van der Waals surface area contributed by atoms with Crippen molar-refractivity contribution >= 4 is 46.6 Å². The van der Waals surface area contributed by atoms with Crippen LogP contribution in [0.2, 0.25) is 10.0 Å². The first-order chi connectivity index (χ1) is 10.3. The third-order valence-corrected chi connectivity index (χ3v) is 5.15. The van der Waals surface area contributed by atoms with Crippen molar-refractivity contribution in [1.82, 2.24) is 0 Å². The second-order valence-corrected chi connectivity index (χ2v) is 6.90. The fraction of sp³-hybridized carbons (Fsp3) is 0.294. The molecule has 0 saturated heterocycles. The molecule has 2 aliphatic rings. The number of hydrogen-bond donors (Lipinski definition) is 0. The van der Waals surface area contributed by atoms with Gasteiger partial charge in [0.25, 0.3) is 0 Å². The number of nitrogens with zero attached hydrogens (tertiary/aromatic N) is 2. The molecule has 0 saturated carbocycles. The predicted molar refractivity (Wildman–Crippen MR) is 92.6 cm³/mol. The number of aliphatic imine (C=N–C) groups is 1. The molecule has 1 aromatic carbocycles. The minimum atomic E-state index is -0.321. The molecule has 22 heavy (non-hydrogen) atoms. The van der Waals surface area contributed by atoms with Crippen LogP contribution in [0, 0.1) is 5.41 Å². The van der Waals surface area contributed by atoms with Crippen molar-refractivity contribution in [3.63, 3.8) is 0 Å². The van der Waals surface area contributed by atoms with Crippen LogP contribution in [-0.4, -0.2) is 19.0 Å². The Hall–Kier alpha value is -1.58. The average Bonchev–Trinajstić information content (AvgIpc) is 2.63. The topological polar surface area (TPSA) is 32.7 Å². The summed E-state index contributed by atoms with van der Waals surface area (Å²) >= 11 is 12.3. The van der Waals surface area contributed by atoms with E-state index in [1.54, 1.807) is 12.1 Å². The van der Waals surface area contributed by atoms with Crippen LogP contribution in [0.25, 0.3) is 0 Å². The Morgan fingerprint density at radius 2 is 1.86 bits per heavy atom. The lowest BCUT2D eigenvalue weighted by atomic mass is 9.82. The Morgan fingerprint density at radius 1 is 1.23 bits per heavy atom. The normalized spacial score (nSPS) is 20.9. The Balaban J connectivity index is 2.31. The molecule has 0 bridgehead atoms. The van der Waals surface area contributed by atoms with Crippen molar-refractivity contribution in [3.05, 3.63) is 45.1 Å². The van der Waals surface area contributed by atoms with Gasteiger partial charge in [-0.2, -0.15) is 0 Å². The van der Waals surface area contributed by atoms with Gasteiger partial charge in [0.15, 0.2) is 0 Å². The zero-order valence-corrected chi connectivity index (χ0v) is 14.4. The molecule has 0 atom stereocenters. The van der Waals surface area contributed by atoms with Gasteiger partial charge >= 0.3 is 0 Å². The van der Waals surface area contributed by atoms with Crippen LogP contribution in [-0.2, 0) is 4.79 Å². The Kier molecular flexibility index (Phi) is 3.46. The lowest BCUT2D eigenvalue weighted by Crippen LogP contribution is -2.31. The predicted octanol–water partition coefficient (Wildman–Crippen LogP) is 4.95. The number of hydrogen-bond acceptors (Lipinski definition) is 3. The molecule has 114 valence electrons. The van der Waals surface area contributed by atoms with Gasteiger partial charge in [-0.25, -0.2) is 4.99 Å². The first kappa shape index (κ1) is 15.3. The summed E-state index contributed by atoms with van der Waals surface area (Å²) in [5, 5.41) is 0.992. The van der Waals surface area contributed by atoms with E-state index in [1.165, 1.54) is 0 Å². The number of carbonyl (C=O) groups is 1. The molecule has 0 radical (unpaired) electrons. The quantitative estimate of drug-likeness (QED) is 0.537. The standard InChI is InChI=1S/C17H16Cl2N2O/c1-9-10(5-6-22)17(2,3)16-15(9)21(4)14-8-12(19)11(18)7-13(14)20-16/h5-8H,1-4H3/b10-5+. The number of carbonyl (C=O) groups excluding carboxylic acids is 1. The van der Waals surface area contributed by atoms with E-state index >= 15 is 0 Å². The lowest BCUT2D eigenvalue weighted by Gasteiger charge is -2.32. The number of halogens is 2. The summed E-state index contributed by atoms with van der Waals surface area (Å²) < 4.78 is 0. The summed E-state index contributed by atoms with van der Waals surface area (Å²) in [4.78, 5) is 17.9. The van der Waals surface area contributed by atoms with Gasteiger partial charge in [0.05, 0.1) is 32.8 Å². The summed E-state index contributed by atoms with van der Waals surface area (Å²) in [6.07, 6.45) is 2.46.